The highest BCUT2D eigenvalue weighted by Gasteiger charge is 2.34. The Morgan fingerprint density at radius 1 is 1.67 bits per heavy atom. The number of thioether (sulfide) groups is 1. The average Bonchev–Trinajstić information content (AvgIpc) is 2.81. The van der Waals surface area contributed by atoms with Gasteiger partial charge < -0.3 is 0 Å². The summed E-state index contributed by atoms with van der Waals surface area (Å²) in [4.78, 5) is 24.4. The molecule has 7 heteroatoms. The van der Waals surface area contributed by atoms with Crippen molar-refractivity contribution in [3.05, 3.63) is 11.3 Å². The molecule has 1 aliphatic heterocycles. The number of anilines is 1. The van der Waals surface area contributed by atoms with Crippen LogP contribution in [0, 0.1) is 18.3 Å². The Morgan fingerprint density at radius 3 is 3.00 bits per heavy atom. The number of hydrogen-bond acceptors (Lipinski definition) is 5. The topological polar surface area (TPSA) is 89.8 Å². The summed E-state index contributed by atoms with van der Waals surface area (Å²) in [6.07, 6.45) is 0.307. The van der Waals surface area contributed by atoms with Crippen LogP contribution in [0.2, 0.25) is 0 Å². The van der Waals surface area contributed by atoms with E-state index >= 15 is 0 Å². The molecule has 0 saturated carbocycles. The summed E-state index contributed by atoms with van der Waals surface area (Å²) in [5.41, 5.74) is 1.03. The Balaban J connectivity index is 2.22. The smallest absolute Gasteiger partial charge is 0.229 e. The van der Waals surface area contributed by atoms with Crippen molar-refractivity contribution in [1.29, 1.82) is 5.26 Å². The van der Waals surface area contributed by atoms with Crippen molar-refractivity contribution in [2.75, 3.05) is 11.4 Å². The Morgan fingerprint density at radius 2 is 2.39 bits per heavy atom. The summed E-state index contributed by atoms with van der Waals surface area (Å²) in [7, 11) is 0. The number of carbonyl (C=O) groups is 2. The first-order valence-electron chi connectivity index (χ1n) is 5.45. The summed E-state index contributed by atoms with van der Waals surface area (Å²) in [5.74, 6) is 0.267. The predicted molar refractivity (Wildman–Crippen MR) is 67.1 cm³/mol. The Kier molecular flexibility index (Phi) is 3.39. The van der Waals surface area contributed by atoms with Gasteiger partial charge in [-0.2, -0.15) is 10.4 Å². The molecule has 94 valence electrons. The van der Waals surface area contributed by atoms with E-state index in [4.69, 9.17) is 5.26 Å². The molecule has 1 N–H and O–H groups in total. The zero-order valence-electron chi connectivity index (χ0n) is 10.1. The van der Waals surface area contributed by atoms with Crippen LogP contribution in [0.25, 0.3) is 0 Å². The molecular formula is C11H12N4O2S. The van der Waals surface area contributed by atoms with Gasteiger partial charge in [-0.15, -0.1) is 0 Å². The van der Waals surface area contributed by atoms with Gasteiger partial charge in [0.05, 0.1) is 5.69 Å². The lowest BCUT2D eigenvalue weighted by atomic mass is 10.2. The highest BCUT2D eigenvalue weighted by Crippen LogP contribution is 2.29. The lowest BCUT2D eigenvalue weighted by molar-refractivity contribution is -0.117. The molecule has 1 saturated heterocycles. The van der Waals surface area contributed by atoms with E-state index in [-0.39, 0.29) is 16.3 Å². The van der Waals surface area contributed by atoms with Gasteiger partial charge in [-0.3, -0.25) is 19.6 Å². The molecule has 2 heterocycles. The number of nitrogens with one attached hydrogen (secondary N) is 1. The summed E-state index contributed by atoms with van der Waals surface area (Å²) < 4.78 is 0. The molecular weight excluding hydrogens is 252 g/mol. The van der Waals surface area contributed by atoms with Gasteiger partial charge >= 0.3 is 0 Å². The molecule has 0 spiro atoms. The normalized spacial score (nSPS) is 19.1. The lowest BCUT2D eigenvalue weighted by Crippen LogP contribution is -2.26. The maximum absolute atomic E-state index is 11.9. The first kappa shape index (κ1) is 12.6. The number of nitriles is 1. The third kappa shape index (κ3) is 2.24. The van der Waals surface area contributed by atoms with Crippen molar-refractivity contribution in [2.45, 2.75) is 25.5 Å². The average molecular weight is 264 g/mol. The van der Waals surface area contributed by atoms with Crippen LogP contribution in [0.3, 0.4) is 0 Å². The van der Waals surface area contributed by atoms with E-state index in [9.17, 15) is 9.59 Å². The van der Waals surface area contributed by atoms with Gasteiger partial charge in [0.15, 0.2) is 10.9 Å². The molecule has 0 bridgehead atoms. The number of aromatic amines is 1. The van der Waals surface area contributed by atoms with Crippen LogP contribution in [0.5, 0.6) is 0 Å². The van der Waals surface area contributed by atoms with Gasteiger partial charge in [0.2, 0.25) is 5.91 Å². The molecule has 1 atom stereocenters. The molecule has 6 nitrogen and oxygen atoms in total. The van der Waals surface area contributed by atoms with Crippen molar-refractivity contribution >= 4 is 28.6 Å². The second kappa shape index (κ2) is 4.82. The van der Waals surface area contributed by atoms with Gasteiger partial charge in [-0.05, 0) is 6.92 Å². The minimum atomic E-state index is -0.100. The molecule has 18 heavy (non-hydrogen) atoms. The monoisotopic (exact) mass is 264 g/mol. The van der Waals surface area contributed by atoms with Crippen LogP contribution in [0.1, 0.15) is 24.6 Å². The number of aryl methyl sites for hydroxylation is 1. The Labute approximate surface area is 108 Å². The van der Waals surface area contributed by atoms with E-state index in [1.54, 1.807) is 6.92 Å². The van der Waals surface area contributed by atoms with Crippen molar-refractivity contribution < 1.29 is 9.59 Å². The second-order valence-corrected chi connectivity index (χ2v) is 5.58. The van der Waals surface area contributed by atoms with Crippen molar-refractivity contribution in [2.24, 2.45) is 0 Å². The number of H-pyrrole nitrogens is 1. The van der Waals surface area contributed by atoms with E-state index < -0.39 is 0 Å². The minimum Gasteiger partial charge on any atom is -0.293 e. The summed E-state index contributed by atoms with van der Waals surface area (Å²) in [6.45, 7) is 3.64. The molecule has 0 aliphatic carbocycles. The van der Waals surface area contributed by atoms with Gasteiger partial charge in [0, 0.05) is 25.1 Å². The summed E-state index contributed by atoms with van der Waals surface area (Å²) in [6, 6.07) is 2.04. The number of carbonyl (C=O) groups excluding carboxylic acids is 2. The van der Waals surface area contributed by atoms with Crippen LogP contribution < -0.4 is 4.90 Å². The molecule has 0 aromatic carbocycles. The fourth-order valence-electron chi connectivity index (χ4n) is 1.94. The molecule has 0 radical (unpaired) electrons. The second-order valence-electron chi connectivity index (χ2n) is 4.10. The minimum absolute atomic E-state index is 0.00614. The molecule has 1 fully saturated rings. The fraction of sp³-hybridized carbons (Fsp3) is 0.455. The van der Waals surface area contributed by atoms with Crippen LogP contribution in [-0.4, -0.2) is 33.0 Å². The molecule has 1 aromatic rings. The zero-order valence-corrected chi connectivity index (χ0v) is 10.9. The van der Waals surface area contributed by atoms with Crippen LogP contribution >= 0.6 is 11.8 Å². The largest absolute Gasteiger partial charge is 0.293 e. The zero-order chi connectivity index (χ0) is 13.3. The summed E-state index contributed by atoms with van der Waals surface area (Å²) in [5, 5.41) is 15.7. The quantitative estimate of drug-likeness (QED) is 0.859. The van der Waals surface area contributed by atoms with Gasteiger partial charge in [-0.25, -0.2) is 0 Å². The Bertz CT molecular complexity index is 546. The molecule has 1 aromatic heterocycles. The summed E-state index contributed by atoms with van der Waals surface area (Å²) >= 11 is 1.16. The number of amides is 1. The highest BCUT2D eigenvalue weighted by molar-refractivity contribution is 8.14. The highest BCUT2D eigenvalue weighted by atomic mass is 32.2. The first-order chi connectivity index (χ1) is 8.52. The van der Waals surface area contributed by atoms with E-state index in [0.29, 0.717) is 30.0 Å². The van der Waals surface area contributed by atoms with Crippen molar-refractivity contribution in [1.82, 2.24) is 10.2 Å². The maximum atomic E-state index is 11.9. The molecule has 1 aliphatic rings. The number of nitrogens with zero attached hydrogens (tertiary/aromatic N) is 3. The molecule has 2 rings (SSSR count). The molecule has 1 unspecified atom stereocenters. The number of hydrogen-bond donors (Lipinski definition) is 1. The number of rotatable bonds is 2. The lowest BCUT2D eigenvalue weighted by Gasteiger charge is -2.13. The van der Waals surface area contributed by atoms with Gasteiger partial charge in [0.25, 0.3) is 0 Å². The number of aromatic nitrogens is 2. The van der Waals surface area contributed by atoms with Gasteiger partial charge in [-0.1, -0.05) is 11.8 Å². The Hall–Kier alpha value is -1.81. The first-order valence-corrected chi connectivity index (χ1v) is 6.33. The van der Waals surface area contributed by atoms with Crippen molar-refractivity contribution in [3.8, 4) is 6.07 Å². The van der Waals surface area contributed by atoms with Crippen LogP contribution in [0.15, 0.2) is 0 Å². The standard InChI is InChI=1S/C11H12N4O2S/c1-6-9(4-12)11(14-13-6)15-5-8(3-10(15)17)18-7(2)16/h8H,3,5H2,1-2H3,(H,13,14). The van der Waals surface area contributed by atoms with E-state index in [2.05, 4.69) is 10.2 Å². The predicted octanol–water partition coefficient (Wildman–Crippen LogP) is 0.975. The SMILES string of the molecule is CC(=O)SC1CC(=O)N(c2n[nH]c(C)c2C#N)C1. The molecule has 1 amide bonds. The van der Waals surface area contributed by atoms with Crippen LogP contribution in [-0.2, 0) is 9.59 Å². The van der Waals surface area contributed by atoms with Gasteiger partial charge in [0.1, 0.15) is 11.6 Å². The van der Waals surface area contributed by atoms with Crippen LogP contribution in [0.4, 0.5) is 5.82 Å². The van der Waals surface area contributed by atoms with E-state index in [0.717, 1.165) is 11.8 Å². The van der Waals surface area contributed by atoms with E-state index in [1.807, 2.05) is 6.07 Å². The van der Waals surface area contributed by atoms with E-state index in [1.165, 1.54) is 11.8 Å². The fourth-order valence-corrected chi connectivity index (χ4v) is 2.86. The maximum Gasteiger partial charge on any atom is 0.229 e. The third-order valence-electron chi connectivity index (χ3n) is 2.72. The third-order valence-corrected chi connectivity index (χ3v) is 3.70. The van der Waals surface area contributed by atoms with Crippen molar-refractivity contribution in [3.63, 3.8) is 0 Å².